The summed E-state index contributed by atoms with van der Waals surface area (Å²) in [5, 5.41) is 0. The number of rotatable bonds is 3. The third-order valence-corrected chi connectivity index (χ3v) is 1.69. The monoisotopic (exact) mass is 139 g/mol. The van der Waals surface area contributed by atoms with Crippen molar-refractivity contribution >= 4 is 10.1 Å². The van der Waals surface area contributed by atoms with Gasteiger partial charge in [0.05, 0.1) is 5.75 Å². The first-order valence-electron chi connectivity index (χ1n) is 2.20. The van der Waals surface area contributed by atoms with Gasteiger partial charge < -0.3 is 0 Å². The Bertz CT molecular complexity index is 139. The lowest BCUT2D eigenvalue weighted by molar-refractivity contribution is 0.232. The van der Waals surface area contributed by atoms with Crippen molar-refractivity contribution in [3.05, 3.63) is 0 Å². The molecule has 0 heterocycles. The predicted molar refractivity (Wildman–Crippen MR) is 29.6 cm³/mol. The van der Waals surface area contributed by atoms with E-state index in [0.717, 1.165) is 0 Å². The van der Waals surface area contributed by atoms with Gasteiger partial charge in [0.2, 0.25) is 0 Å². The van der Waals surface area contributed by atoms with Crippen LogP contribution in [0.5, 0.6) is 0 Å². The molecule has 0 bridgehead atoms. The van der Waals surface area contributed by atoms with E-state index in [-0.39, 0.29) is 5.75 Å². The molecule has 1 N–H and O–H groups in total. The number of nitrogens with one attached hydrogen (secondary N) is 1. The summed E-state index contributed by atoms with van der Waals surface area (Å²) in [5.74, 6) is -0.00611. The van der Waals surface area contributed by atoms with Crippen molar-refractivity contribution in [3.8, 4) is 0 Å². The van der Waals surface area contributed by atoms with Crippen molar-refractivity contribution in [3.63, 3.8) is 0 Å². The fourth-order valence-corrected chi connectivity index (χ4v) is 0.558. The number of hydrogen-bond donors (Lipinski definition) is 1. The van der Waals surface area contributed by atoms with E-state index < -0.39 is 10.1 Å². The molecule has 0 radical (unpaired) electrons. The Morgan fingerprint density at radius 1 is 1.62 bits per heavy atom. The van der Waals surface area contributed by atoms with Gasteiger partial charge in [-0.2, -0.15) is 18.2 Å². The van der Waals surface area contributed by atoms with Gasteiger partial charge in [-0.3, -0.25) is 0 Å². The van der Waals surface area contributed by atoms with Crippen molar-refractivity contribution < 1.29 is 12.7 Å². The van der Waals surface area contributed by atoms with Crippen LogP contribution in [-0.2, 0) is 14.4 Å². The van der Waals surface area contributed by atoms with Crippen LogP contribution >= 0.6 is 0 Å². The molecule has 0 atom stereocenters. The summed E-state index contributed by atoms with van der Waals surface area (Å²) < 4.78 is 24.7. The van der Waals surface area contributed by atoms with E-state index in [1.165, 1.54) is 14.0 Å². The largest absolute Gasteiger partial charge is 0.282 e. The molecular formula is C3H9NO3S. The summed E-state index contributed by atoms with van der Waals surface area (Å²) in [6, 6.07) is 0. The second-order valence-corrected chi connectivity index (χ2v) is 2.99. The maximum atomic E-state index is 10.3. The maximum absolute atomic E-state index is 10.3. The zero-order valence-corrected chi connectivity index (χ0v) is 5.66. The van der Waals surface area contributed by atoms with Gasteiger partial charge >= 0.3 is 0 Å². The van der Waals surface area contributed by atoms with Crippen molar-refractivity contribution in [1.82, 2.24) is 5.48 Å². The molecule has 0 rings (SSSR count). The minimum atomic E-state index is -3.28. The summed E-state index contributed by atoms with van der Waals surface area (Å²) in [6.07, 6.45) is 0. The SMILES string of the molecule is CCS(=O)(=O)ONC. The fraction of sp³-hybridized carbons (Fsp3) is 1.00. The fourth-order valence-electron chi connectivity index (χ4n) is 0.186. The standard InChI is InChI=1S/C3H9NO3S/c1-3-8(5,6)7-4-2/h4H,3H2,1-2H3. The zero-order chi connectivity index (χ0) is 6.62. The van der Waals surface area contributed by atoms with Crippen LogP contribution < -0.4 is 5.48 Å². The lowest BCUT2D eigenvalue weighted by atomic mass is 11.0. The maximum Gasteiger partial charge on any atom is 0.282 e. The Labute approximate surface area is 48.9 Å². The van der Waals surface area contributed by atoms with E-state index in [1.54, 1.807) is 0 Å². The summed E-state index contributed by atoms with van der Waals surface area (Å²) in [4.78, 5) is 0. The molecule has 0 spiro atoms. The Hall–Kier alpha value is -0.130. The molecule has 0 aliphatic rings. The van der Waals surface area contributed by atoms with Crippen LogP contribution in [0.1, 0.15) is 6.92 Å². The first-order valence-corrected chi connectivity index (χ1v) is 3.78. The van der Waals surface area contributed by atoms with Crippen molar-refractivity contribution in [2.45, 2.75) is 6.92 Å². The van der Waals surface area contributed by atoms with E-state index >= 15 is 0 Å². The van der Waals surface area contributed by atoms with Gasteiger partial charge in [0.15, 0.2) is 0 Å². The first kappa shape index (κ1) is 7.87. The molecule has 5 heteroatoms. The summed E-state index contributed by atoms with van der Waals surface area (Å²) in [7, 11) is -1.88. The highest BCUT2D eigenvalue weighted by Crippen LogP contribution is 1.85. The van der Waals surface area contributed by atoms with Gasteiger partial charge in [-0.05, 0) is 6.92 Å². The van der Waals surface area contributed by atoms with Gasteiger partial charge in [-0.25, -0.2) is 0 Å². The average Bonchev–Trinajstić information content (AvgIpc) is 1.67. The molecule has 0 saturated heterocycles. The lowest BCUT2D eigenvalue weighted by Crippen LogP contribution is -2.16. The Morgan fingerprint density at radius 2 is 2.12 bits per heavy atom. The highest BCUT2D eigenvalue weighted by Gasteiger charge is 2.03. The molecule has 4 nitrogen and oxygen atoms in total. The summed E-state index contributed by atoms with van der Waals surface area (Å²) >= 11 is 0. The van der Waals surface area contributed by atoms with Crippen LogP contribution in [0, 0.1) is 0 Å². The van der Waals surface area contributed by atoms with E-state index in [0.29, 0.717) is 0 Å². The average molecular weight is 139 g/mol. The molecule has 0 amide bonds. The predicted octanol–water partition coefficient (Wildman–Crippen LogP) is -0.513. The zero-order valence-electron chi connectivity index (χ0n) is 4.84. The normalized spacial score (nSPS) is 11.8. The van der Waals surface area contributed by atoms with Crippen LogP contribution in [0.15, 0.2) is 0 Å². The Morgan fingerprint density at radius 3 is 2.25 bits per heavy atom. The minimum Gasteiger partial charge on any atom is -0.198 e. The topological polar surface area (TPSA) is 55.4 Å². The van der Waals surface area contributed by atoms with Gasteiger partial charge in [-0.1, -0.05) is 0 Å². The molecule has 0 aromatic carbocycles. The first-order chi connectivity index (χ1) is 3.62. The third kappa shape index (κ3) is 2.95. The smallest absolute Gasteiger partial charge is 0.198 e. The highest BCUT2D eigenvalue weighted by atomic mass is 32.2. The van der Waals surface area contributed by atoms with Gasteiger partial charge in [-0.15, -0.1) is 0 Å². The van der Waals surface area contributed by atoms with E-state index in [9.17, 15) is 8.42 Å². The van der Waals surface area contributed by atoms with Crippen molar-refractivity contribution in [2.24, 2.45) is 0 Å². The Balaban J connectivity index is 3.76. The lowest BCUT2D eigenvalue weighted by Gasteiger charge is -1.96. The van der Waals surface area contributed by atoms with Crippen LogP contribution in [0.4, 0.5) is 0 Å². The molecule has 0 aliphatic heterocycles. The van der Waals surface area contributed by atoms with Gasteiger partial charge in [0.1, 0.15) is 0 Å². The molecule has 0 fully saturated rings. The van der Waals surface area contributed by atoms with Crippen molar-refractivity contribution in [1.29, 1.82) is 0 Å². The van der Waals surface area contributed by atoms with E-state index in [4.69, 9.17) is 0 Å². The van der Waals surface area contributed by atoms with E-state index in [1.807, 2.05) is 0 Å². The summed E-state index contributed by atoms with van der Waals surface area (Å²) in [6.45, 7) is 1.51. The van der Waals surface area contributed by atoms with Crippen LogP contribution in [-0.4, -0.2) is 21.2 Å². The van der Waals surface area contributed by atoms with Crippen molar-refractivity contribution in [2.75, 3.05) is 12.8 Å². The molecule has 50 valence electrons. The number of hydrogen-bond acceptors (Lipinski definition) is 4. The van der Waals surface area contributed by atoms with Gasteiger partial charge in [0, 0.05) is 7.05 Å². The second kappa shape index (κ2) is 3.01. The minimum absolute atomic E-state index is 0.00611. The Kier molecular flexibility index (Phi) is 2.96. The molecule has 0 aromatic heterocycles. The molecular weight excluding hydrogens is 130 g/mol. The molecule has 0 saturated carbocycles. The van der Waals surface area contributed by atoms with Gasteiger partial charge in [0.25, 0.3) is 10.1 Å². The second-order valence-electron chi connectivity index (χ2n) is 1.13. The van der Waals surface area contributed by atoms with Crippen LogP contribution in [0.3, 0.4) is 0 Å². The quantitative estimate of drug-likeness (QED) is 0.535. The molecule has 0 unspecified atom stereocenters. The molecule has 0 aromatic rings. The summed E-state index contributed by atoms with van der Waals surface area (Å²) in [5.41, 5.74) is 2.07. The highest BCUT2D eigenvalue weighted by molar-refractivity contribution is 7.86. The molecule has 0 aliphatic carbocycles. The van der Waals surface area contributed by atoms with E-state index in [2.05, 4.69) is 9.76 Å². The van der Waals surface area contributed by atoms with Crippen LogP contribution in [0.2, 0.25) is 0 Å². The number of hydroxylamine groups is 1. The molecule has 8 heavy (non-hydrogen) atoms. The third-order valence-electron chi connectivity index (χ3n) is 0.564. The van der Waals surface area contributed by atoms with Crippen LogP contribution in [0.25, 0.3) is 0 Å².